The number of unbranched alkanes of at least 4 members (excludes halogenated alkanes) is 12. The highest BCUT2D eigenvalue weighted by atomic mass is 14.2. The average Bonchev–Trinajstić information content (AvgIpc) is 2.94. The van der Waals surface area contributed by atoms with Gasteiger partial charge in [-0.15, -0.1) is 0 Å². The maximum atomic E-state index is 2.64. The van der Waals surface area contributed by atoms with Gasteiger partial charge in [0.15, 0.2) is 0 Å². The highest BCUT2D eigenvalue weighted by Gasteiger charge is 2.13. The van der Waals surface area contributed by atoms with Gasteiger partial charge in [0.25, 0.3) is 0 Å². The summed E-state index contributed by atoms with van der Waals surface area (Å²) >= 11 is 0. The Bertz CT molecular complexity index is 904. The molecule has 38 heavy (non-hydrogen) atoms. The fourth-order valence-electron chi connectivity index (χ4n) is 6.26. The molecule has 0 aromatic heterocycles. The van der Waals surface area contributed by atoms with E-state index in [1.807, 2.05) is 0 Å². The number of hydrogen-bond acceptors (Lipinski definition) is 0. The molecule has 0 fully saturated rings. The van der Waals surface area contributed by atoms with Gasteiger partial charge in [0.05, 0.1) is 0 Å². The molecule has 3 aromatic rings. The van der Waals surface area contributed by atoms with Crippen molar-refractivity contribution < 1.29 is 0 Å². The molecule has 0 unspecified atom stereocenters. The zero-order valence-electron chi connectivity index (χ0n) is 25.6. The van der Waals surface area contributed by atoms with Gasteiger partial charge in [0, 0.05) is 0 Å². The number of benzene rings is 3. The maximum absolute atomic E-state index is 2.64. The molecule has 0 heterocycles. The zero-order chi connectivity index (χ0) is 27.0. The van der Waals surface area contributed by atoms with Crippen LogP contribution >= 0.6 is 0 Å². The van der Waals surface area contributed by atoms with E-state index in [9.17, 15) is 0 Å². The first-order chi connectivity index (χ1) is 18.7. The van der Waals surface area contributed by atoms with E-state index in [1.54, 1.807) is 43.8 Å². The molecule has 0 aliphatic carbocycles. The largest absolute Gasteiger partial charge is 0.0654 e. The van der Waals surface area contributed by atoms with Crippen LogP contribution in [0.15, 0.2) is 36.4 Å². The quantitative estimate of drug-likeness (QED) is 0.104. The fraction of sp³-hybridized carbons (Fsp3) is 0.632. The first-order valence-corrected chi connectivity index (χ1v) is 16.7. The topological polar surface area (TPSA) is 0 Å². The third-order valence-corrected chi connectivity index (χ3v) is 8.71. The predicted molar refractivity (Wildman–Crippen MR) is 173 cm³/mol. The predicted octanol–water partition coefficient (Wildman–Crippen LogP) is 12.5. The molecule has 0 radical (unpaired) electrons. The van der Waals surface area contributed by atoms with Gasteiger partial charge in [-0.25, -0.2) is 0 Å². The van der Waals surface area contributed by atoms with Crippen LogP contribution in [0.4, 0.5) is 0 Å². The first kappa shape index (κ1) is 30.7. The number of rotatable bonds is 20. The monoisotopic (exact) mass is 514 g/mol. The summed E-state index contributed by atoms with van der Waals surface area (Å²) in [6.07, 6.45) is 26.3. The Kier molecular flexibility index (Phi) is 14.3. The first-order valence-electron chi connectivity index (χ1n) is 16.7. The van der Waals surface area contributed by atoms with Crippen LogP contribution in [0.1, 0.15) is 153 Å². The molecular formula is C38H58. The van der Waals surface area contributed by atoms with E-state index in [2.05, 4.69) is 64.1 Å². The summed E-state index contributed by atoms with van der Waals surface area (Å²) in [5.41, 5.74) is 6.34. The second-order valence-corrected chi connectivity index (χ2v) is 12.0. The van der Waals surface area contributed by atoms with Crippen molar-refractivity contribution in [2.45, 2.75) is 156 Å². The van der Waals surface area contributed by atoms with Crippen LogP contribution in [-0.2, 0) is 25.7 Å². The lowest BCUT2D eigenvalue weighted by atomic mass is 9.87. The maximum Gasteiger partial charge on any atom is -0.0143 e. The minimum absolute atomic E-state index is 1.22. The van der Waals surface area contributed by atoms with E-state index in [0.29, 0.717) is 0 Å². The zero-order valence-corrected chi connectivity index (χ0v) is 25.6. The van der Waals surface area contributed by atoms with E-state index >= 15 is 0 Å². The fourth-order valence-corrected chi connectivity index (χ4v) is 6.26. The lowest BCUT2D eigenvalue weighted by Crippen LogP contribution is -1.98. The molecule has 0 nitrogen and oxygen atoms in total. The van der Waals surface area contributed by atoms with Crippen molar-refractivity contribution in [3.8, 4) is 0 Å². The molecule has 3 rings (SSSR count). The van der Waals surface area contributed by atoms with Crippen molar-refractivity contribution in [2.75, 3.05) is 0 Å². The molecule has 0 amide bonds. The van der Waals surface area contributed by atoms with Gasteiger partial charge >= 0.3 is 0 Å². The lowest BCUT2D eigenvalue weighted by molar-refractivity contribution is 0.665. The van der Waals surface area contributed by atoms with E-state index in [1.165, 1.54) is 128 Å². The molecule has 0 saturated heterocycles. The van der Waals surface area contributed by atoms with Crippen LogP contribution in [0.5, 0.6) is 0 Å². The van der Waals surface area contributed by atoms with Crippen LogP contribution in [0.25, 0.3) is 21.5 Å². The Morgan fingerprint density at radius 1 is 0.316 bits per heavy atom. The third-order valence-electron chi connectivity index (χ3n) is 8.71. The van der Waals surface area contributed by atoms with Crippen molar-refractivity contribution in [1.29, 1.82) is 0 Å². The molecule has 0 heteroatoms. The second-order valence-electron chi connectivity index (χ2n) is 12.0. The average molecular weight is 515 g/mol. The summed E-state index contributed by atoms with van der Waals surface area (Å²) in [7, 11) is 0. The minimum Gasteiger partial charge on any atom is -0.0654 e. The van der Waals surface area contributed by atoms with Gasteiger partial charge in [-0.3, -0.25) is 0 Å². The number of aryl methyl sites for hydroxylation is 4. The SMILES string of the molecule is CCCCCCc1ccc(CCCCCC)c2cc3c(CCCCCC)ccc(CCCCCC)c3cc12. The van der Waals surface area contributed by atoms with Crippen molar-refractivity contribution >= 4 is 21.5 Å². The van der Waals surface area contributed by atoms with E-state index in [4.69, 9.17) is 0 Å². The Hall–Kier alpha value is -1.82. The highest BCUT2D eigenvalue weighted by Crippen LogP contribution is 2.34. The van der Waals surface area contributed by atoms with Gasteiger partial charge in [-0.1, -0.05) is 129 Å². The normalized spacial score (nSPS) is 11.7. The van der Waals surface area contributed by atoms with Crippen LogP contribution in [0.3, 0.4) is 0 Å². The summed E-state index contributed by atoms with van der Waals surface area (Å²) in [4.78, 5) is 0. The van der Waals surface area contributed by atoms with Crippen molar-refractivity contribution in [3.05, 3.63) is 58.7 Å². The Morgan fingerprint density at radius 3 is 0.763 bits per heavy atom. The van der Waals surface area contributed by atoms with Crippen molar-refractivity contribution in [2.24, 2.45) is 0 Å². The second kappa shape index (κ2) is 17.7. The van der Waals surface area contributed by atoms with Gasteiger partial charge in [-0.05, 0) is 107 Å². The standard InChI is InChI=1S/C38H58/c1-5-9-13-17-21-31-25-26-32(22-18-14-10-6-2)36-30-38-34(24-20-16-12-8-4)28-27-33(23-19-15-11-7-3)37(38)29-35(31)36/h25-30H,5-24H2,1-4H3. The Morgan fingerprint density at radius 2 is 0.553 bits per heavy atom. The molecule has 0 atom stereocenters. The number of hydrogen-bond donors (Lipinski definition) is 0. The van der Waals surface area contributed by atoms with Gasteiger partial charge in [-0.2, -0.15) is 0 Å². The van der Waals surface area contributed by atoms with Gasteiger partial charge in [0.2, 0.25) is 0 Å². The molecular weight excluding hydrogens is 456 g/mol. The van der Waals surface area contributed by atoms with Crippen LogP contribution in [0.2, 0.25) is 0 Å². The van der Waals surface area contributed by atoms with Crippen LogP contribution < -0.4 is 0 Å². The summed E-state index contributed by atoms with van der Waals surface area (Å²) in [6, 6.07) is 15.2. The van der Waals surface area contributed by atoms with Crippen molar-refractivity contribution in [1.82, 2.24) is 0 Å². The van der Waals surface area contributed by atoms with E-state index < -0.39 is 0 Å². The molecule has 0 aliphatic heterocycles. The summed E-state index contributed by atoms with van der Waals surface area (Å²) < 4.78 is 0. The van der Waals surface area contributed by atoms with Gasteiger partial charge in [0.1, 0.15) is 0 Å². The minimum atomic E-state index is 1.22. The molecule has 0 aliphatic rings. The Balaban J connectivity index is 2.05. The summed E-state index contributed by atoms with van der Waals surface area (Å²) in [5.74, 6) is 0. The number of fused-ring (bicyclic) bond motifs is 2. The third kappa shape index (κ3) is 9.14. The molecule has 3 aromatic carbocycles. The highest BCUT2D eigenvalue weighted by molar-refractivity contribution is 6.03. The van der Waals surface area contributed by atoms with Crippen LogP contribution in [0, 0.1) is 0 Å². The van der Waals surface area contributed by atoms with E-state index in [0.717, 1.165) is 0 Å². The molecule has 0 N–H and O–H groups in total. The Labute approximate surface area is 236 Å². The lowest BCUT2D eigenvalue weighted by Gasteiger charge is -2.17. The smallest absolute Gasteiger partial charge is 0.0143 e. The van der Waals surface area contributed by atoms with Crippen LogP contribution in [-0.4, -0.2) is 0 Å². The summed E-state index contributed by atoms with van der Waals surface area (Å²) in [6.45, 7) is 9.26. The van der Waals surface area contributed by atoms with Gasteiger partial charge < -0.3 is 0 Å². The van der Waals surface area contributed by atoms with Crippen molar-refractivity contribution in [3.63, 3.8) is 0 Å². The molecule has 0 bridgehead atoms. The summed E-state index contributed by atoms with van der Waals surface area (Å²) in [5, 5.41) is 6.22. The molecule has 0 saturated carbocycles. The molecule has 0 spiro atoms. The van der Waals surface area contributed by atoms with E-state index in [-0.39, 0.29) is 0 Å². The molecule has 210 valence electrons.